The highest BCUT2D eigenvalue weighted by molar-refractivity contribution is 7.47. The minimum Gasteiger partial charge on any atom is -0.462 e. The smallest absolute Gasteiger partial charge is 0.462 e. The summed E-state index contributed by atoms with van der Waals surface area (Å²) < 4.78 is 68.2. The van der Waals surface area contributed by atoms with Gasteiger partial charge >= 0.3 is 39.5 Å². The highest BCUT2D eigenvalue weighted by atomic mass is 31.2. The highest BCUT2D eigenvalue weighted by Gasteiger charge is 2.30. The van der Waals surface area contributed by atoms with Crippen LogP contribution < -0.4 is 0 Å². The average molecular weight is 1300 g/mol. The molecule has 0 bridgehead atoms. The molecule has 0 fully saturated rings. The van der Waals surface area contributed by atoms with Crippen LogP contribution in [-0.4, -0.2) is 96.7 Å². The van der Waals surface area contributed by atoms with Crippen molar-refractivity contribution in [2.45, 2.75) is 374 Å². The molecule has 0 aromatic heterocycles. The number of phosphoric acid groups is 2. The first-order valence-corrected chi connectivity index (χ1v) is 39.1. The Kier molecular flexibility index (Phi) is 61.1. The quantitative estimate of drug-likeness (QED) is 0.0222. The summed E-state index contributed by atoms with van der Waals surface area (Å²) in [6.07, 6.45) is 48.5. The molecular formula is C69H134O17P2. The molecule has 3 N–H and O–H groups in total. The van der Waals surface area contributed by atoms with Crippen LogP contribution in [0.5, 0.6) is 0 Å². The third kappa shape index (κ3) is 62.8. The molecule has 0 spiro atoms. The van der Waals surface area contributed by atoms with Crippen LogP contribution in [0.1, 0.15) is 356 Å². The minimum atomic E-state index is -4.95. The highest BCUT2D eigenvalue weighted by Crippen LogP contribution is 2.45. The van der Waals surface area contributed by atoms with Gasteiger partial charge in [0.05, 0.1) is 26.4 Å². The molecule has 88 heavy (non-hydrogen) atoms. The Balaban J connectivity index is 5.23. The van der Waals surface area contributed by atoms with Crippen molar-refractivity contribution in [3.63, 3.8) is 0 Å². The maximum absolute atomic E-state index is 13.0. The maximum Gasteiger partial charge on any atom is 0.472 e. The summed E-state index contributed by atoms with van der Waals surface area (Å²) in [5.74, 6) is -1.39. The molecule has 0 heterocycles. The Labute approximate surface area is 537 Å². The number of aliphatic hydroxyl groups excluding tert-OH is 1. The fourth-order valence-corrected chi connectivity index (χ4v) is 12.0. The number of carbonyl (C=O) groups is 4. The van der Waals surface area contributed by atoms with Crippen molar-refractivity contribution in [3.8, 4) is 0 Å². The molecule has 522 valence electrons. The molecule has 0 rings (SSSR count). The van der Waals surface area contributed by atoms with Crippen LogP contribution in [0.15, 0.2) is 0 Å². The minimum absolute atomic E-state index is 0.105. The van der Waals surface area contributed by atoms with E-state index in [-0.39, 0.29) is 25.7 Å². The standard InChI is InChI=1S/C69H134O17P2/c1-6-9-12-15-18-21-23-25-26-28-30-34-39-44-49-54-68(73)85-65(59-80-67(72)53-48-43-38-33-29-27-24-22-19-16-13-10-7-2)61-84-88(77,78)82-57-63(70)56-81-87(75,76)83-60-64(58-79-66(71)52-47-42-37-20-17-14-11-8-3)86-69(74)55-50-45-40-35-31-32-36-41-46-51-62(4)5/h62-65,70H,6-61H2,1-5H3,(H,75,76)(H,77,78)/t63-,64+,65+/m0/s1. The summed E-state index contributed by atoms with van der Waals surface area (Å²) in [4.78, 5) is 72.4. The third-order valence-electron chi connectivity index (χ3n) is 16.0. The number of hydrogen-bond acceptors (Lipinski definition) is 15. The molecule has 0 aromatic rings. The van der Waals surface area contributed by atoms with Crippen molar-refractivity contribution in [3.05, 3.63) is 0 Å². The fourth-order valence-electron chi connectivity index (χ4n) is 10.5. The third-order valence-corrected chi connectivity index (χ3v) is 17.9. The molecule has 5 atom stereocenters. The van der Waals surface area contributed by atoms with Crippen molar-refractivity contribution >= 4 is 39.5 Å². The van der Waals surface area contributed by atoms with E-state index >= 15 is 0 Å². The molecule has 0 saturated carbocycles. The number of carbonyl (C=O) groups excluding carboxylic acids is 4. The van der Waals surface area contributed by atoms with Crippen molar-refractivity contribution < 1.29 is 80.2 Å². The molecule has 17 nitrogen and oxygen atoms in total. The van der Waals surface area contributed by atoms with Gasteiger partial charge in [-0.15, -0.1) is 0 Å². The first kappa shape index (κ1) is 86.1. The molecule has 0 aliphatic rings. The second kappa shape index (κ2) is 62.5. The van der Waals surface area contributed by atoms with Crippen LogP contribution in [0.3, 0.4) is 0 Å². The summed E-state index contributed by atoms with van der Waals surface area (Å²) in [5, 5.41) is 10.6. The van der Waals surface area contributed by atoms with Crippen molar-refractivity contribution in [1.29, 1.82) is 0 Å². The van der Waals surface area contributed by atoms with Gasteiger partial charge in [0.15, 0.2) is 12.2 Å². The molecule has 0 radical (unpaired) electrons. The predicted octanol–water partition coefficient (Wildman–Crippen LogP) is 19.7. The predicted molar refractivity (Wildman–Crippen MR) is 354 cm³/mol. The average Bonchev–Trinajstić information content (AvgIpc) is 3.52. The van der Waals surface area contributed by atoms with E-state index in [4.69, 9.17) is 37.0 Å². The van der Waals surface area contributed by atoms with E-state index in [0.717, 1.165) is 102 Å². The molecule has 2 unspecified atom stereocenters. The second-order valence-corrected chi connectivity index (χ2v) is 28.3. The van der Waals surface area contributed by atoms with E-state index in [2.05, 4.69) is 34.6 Å². The summed E-state index contributed by atoms with van der Waals surface area (Å²) in [6.45, 7) is 7.20. The van der Waals surface area contributed by atoms with E-state index in [1.165, 1.54) is 173 Å². The van der Waals surface area contributed by atoms with Crippen LogP contribution in [-0.2, 0) is 65.4 Å². The van der Waals surface area contributed by atoms with E-state index in [1.54, 1.807) is 0 Å². The number of unbranched alkanes of at least 4 members (excludes halogenated alkanes) is 41. The van der Waals surface area contributed by atoms with E-state index in [0.29, 0.717) is 25.7 Å². The zero-order valence-corrected chi connectivity index (χ0v) is 58.6. The number of esters is 4. The van der Waals surface area contributed by atoms with E-state index < -0.39 is 97.5 Å². The van der Waals surface area contributed by atoms with Gasteiger partial charge in [-0.05, 0) is 31.6 Å². The van der Waals surface area contributed by atoms with Crippen molar-refractivity contribution in [2.75, 3.05) is 39.6 Å². The van der Waals surface area contributed by atoms with Gasteiger partial charge in [0.25, 0.3) is 0 Å². The zero-order chi connectivity index (χ0) is 64.9. The van der Waals surface area contributed by atoms with Crippen LogP contribution >= 0.6 is 15.6 Å². The van der Waals surface area contributed by atoms with Crippen LogP contribution in [0, 0.1) is 5.92 Å². The molecule has 19 heteroatoms. The molecule has 0 amide bonds. The summed E-state index contributed by atoms with van der Waals surface area (Å²) in [6, 6.07) is 0. The molecule has 0 aliphatic carbocycles. The van der Waals surface area contributed by atoms with Gasteiger partial charge in [-0.3, -0.25) is 37.3 Å². The van der Waals surface area contributed by atoms with Gasteiger partial charge in [-0.1, -0.05) is 304 Å². The van der Waals surface area contributed by atoms with Crippen molar-refractivity contribution in [1.82, 2.24) is 0 Å². The summed E-state index contributed by atoms with van der Waals surface area (Å²) >= 11 is 0. The number of rotatable bonds is 69. The number of ether oxygens (including phenoxy) is 4. The zero-order valence-electron chi connectivity index (χ0n) is 56.9. The fraction of sp³-hybridized carbons (Fsp3) is 0.942. The lowest BCUT2D eigenvalue weighted by Crippen LogP contribution is -2.30. The van der Waals surface area contributed by atoms with Gasteiger partial charge < -0.3 is 33.8 Å². The molecular weight excluding hydrogens is 1160 g/mol. The Bertz CT molecular complexity index is 1700. The first-order chi connectivity index (χ1) is 42.5. The SMILES string of the molecule is CCCCCCCCCCCCCCCCCC(=O)O[C@H](COC(=O)CCCCCCCCCCCCCCC)COP(=O)(O)OC[C@@H](O)COP(=O)(O)OC[C@@H](COC(=O)CCCCCCCCCC)OC(=O)CCCCCCCCCCCC(C)C. The normalized spacial score (nSPS) is 14.1. The van der Waals surface area contributed by atoms with Gasteiger partial charge in [0.2, 0.25) is 0 Å². The lowest BCUT2D eigenvalue weighted by molar-refractivity contribution is -0.161. The Hall–Kier alpha value is -1.94. The van der Waals surface area contributed by atoms with Gasteiger partial charge in [-0.25, -0.2) is 9.13 Å². The number of aliphatic hydroxyl groups is 1. The molecule has 0 saturated heterocycles. The van der Waals surface area contributed by atoms with Crippen molar-refractivity contribution in [2.24, 2.45) is 5.92 Å². The summed E-state index contributed by atoms with van der Waals surface area (Å²) in [5.41, 5.74) is 0. The van der Waals surface area contributed by atoms with E-state index in [9.17, 15) is 43.2 Å². The second-order valence-electron chi connectivity index (χ2n) is 25.4. The van der Waals surface area contributed by atoms with Gasteiger partial charge in [0, 0.05) is 25.7 Å². The van der Waals surface area contributed by atoms with Crippen LogP contribution in [0.25, 0.3) is 0 Å². The largest absolute Gasteiger partial charge is 0.472 e. The molecule has 0 aromatic carbocycles. The molecule has 0 aliphatic heterocycles. The van der Waals surface area contributed by atoms with Crippen LogP contribution in [0.4, 0.5) is 0 Å². The topological polar surface area (TPSA) is 237 Å². The van der Waals surface area contributed by atoms with Gasteiger partial charge in [0.1, 0.15) is 19.3 Å². The lowest BCUT2D eigenvalue weighted by Gasteiger charge is -2.21. The first-order valence-electron chi connectivity index (χ1n) is 36.1. The van der Waals surface area contributed by atoms with Crippen LogP contribution in [0.2, 0.25) is 0 Å². The van der Waals surface area contributed by atoms with E-state index in [1.807, 2.05) is 0 Å². The van der Waals surface area contributed by atoms with Gasteiger partial charge in [-0.2, -0.15) is 0 Å². The number of phosphoric ester groups is 2. The summed E-state index contributed by atoms with van der Waals surface area (Å²) in [7, 11) is -9.89. The number of hydrogen-bond donors (Lipinski definition) is 3. The Morgan fingerprint density at radius 1 is 0.307 bits per heavy atom. The Morgan fingerprint density at radius 3 is 0.773 bits per heavy atom. The Morgan fingerprint density at radius 2 is 0.523 bits per heavy atom. The maximum atomic E-state index is 13.0. The lowest BCUT2D eigenvalue weighted by atomic mass is 10.0. The monoisotopic (exact) mass is 1300 g/mol.